The van der Waals surface area contributed by atoms with Crippen molar-refractivity contribution < 1.29 is 4.42 Å². The Morgan fingerprint density at radius 1 is 1.20 bits per heavy atom. The molecule has 0 aliphatic carbocycles. The van der Waals surface area contributed by atoms with Crippen molar-refractivity contribution in [2.24, 2.45) is 10.7 Å². The Kier molecular flexibility index (Phi) is 7.92. The van der Waals surface area contributed by atoms with E-state index < -0.39 is 0 Å². The molecule has 0 fully saturated rings. The molecule has 3 N–H and O–H groups in total. The molecule has 1 aromatic heterocycles. The van der Waals surface area contributed by atoms with Crippen LogP contribution in [-0.4, -0.2) is 10.9 Å². The number of aromatic nitrogens is 1. The van der Waals surface area contributed by atoms with E-state index in [1.807, 2.05) is 0 Å². The number of nitrogens with zero attached hydrogens (tertiary/aromatic N) is 2. The smallest absolute Gasteiger partial charge is 0.216 e. The van der Waals surface area contributed by atoms with Gasteiger partial charge in [-0.25, -0.2) is 9.98 Å². The van der Waals surface area contributed by atoms with Crippen LogP contribution in [0.2, 0.25) is 0 Å². The quantitative estimate of drug-likeness (QED) is 0.391. The van der Waals surface area contributed by atoms with E-state index in [1.165, 1.54) is 11.1 Å². The predicted molar refractivity (Wildman–Crippen MR) is 115 cm³/mol. The molecular weight excluding hydrogens is 427 g/mol. The van der Waals surface area contributed by atoms with Crippen molar-refractivity contribution >= 4 is 35.6 Å². The van der Waals surface area contributed by atoms with E-state index in [4.69, 9.17) is 10.2 Å². The van der Waals surface area contributed by atoms with E-state index >= 15 is 0 Å². The fourth-order valence-corrected chi connectivity index (χ4v) is 2.45. The fraction of sp³-hybridized carbons (Fsp3) is 0.474. The Hall–Kier alpha value is -1.57. The highest BCUT2D eigenvalue weighted by atomic mass is 127. The molecule has 0 saturated heterocycles. The van der Waals surface area contributed by atoms with Crippen LogP contribution in [0.3, 0.4) is 0 Å². The average Bonchev–Trinajstić information content (AvgIpc) is 3.02. The van der Waals surface area contributed by atoms with E-state index in [0.29, 0.717) is 18.4 Å². The van der Waals surface area contributed by atoms with Crippen molar-refractivity contribution in [1.82, 2.24) is 4.98 Å². The molecule has 6 heteroatoms. The normalized spacial score (nSPS) is 12.0. The summed E-state index contributed by atoms with van der Waals surface area (Å²) < 4.78 is 5.74. The Balaban J connectivity index is 0.00000312. The molecule has 0 atom stereocenters. The van der Waals surface area contributed by atoms with Crippen LogP contribution in [0.5, 0.6) is 0 Å². The number of halogens is 1. The minimum Gasteiger partial charge on any atom is -0.443 e. The molecule has 5 nitrogen and oxygen atoms in total. The number of nitrogens with two attached hydrogens (primary N) is 1. The molecular formula is C19H29IN4O. The number of hydrogen-bond donors (Lipinski definition) is 2. The lowest BCUT2D eigenvalue weighted by Crippen LogP contribution is -2.24. The van der Waals surface area contributed by atoms with Crippen molar-refractivity contribution in [3.05, 3.63) is 47.2 Å². The molecule has 0 radical (unpaired) electrons. The van der Waals surface area contributed by atoms with Gasteiger partial charge in [0.15, 0.2) is 5.96 Å². The van der Waals surface area contributed by atoms with Gasteiger partial charge in [0.25, 0.3) is 0 Å². The van der Waals surface area contributed by atoms with Crippen LogP contribution in [0.4, 0.5) is 5.69 Å². The predicted octanol–water partition coefficient (Wildman–Crippen LogP) is 4.64. The zero-order chi connectivity index (χ0) is 17.7. The molecule has 25 heavy (non-hydrogen) atoms. The largest absolute Gasteiger partial charge is 0.443 e. The Bertz CT molecular complexity index is 694. The summed E-state index contributed by atoms with van der Waals surface area (Å²) in [6.07, 6.45) is 3.65. The third-order valence-corrected chi connectivity index (χ3v) is 3.93. The van der Waals surface area contributed by atoms with Crippen molar-refractivity contribution in [2.75, 3.05) is 5.32 Å². The summed E-state index contributed by atoms with van der Waals surface area (Å²) in [4.78, 5) is 8.63. The molecule has 0 saturated carbocycles. The SMILES string of the molecule is CCc1cccc(CC)c1NC(N)=NCc1ncc(C(C)(C)C)o1.I. The molecule has 0 aliphatic heterocycles. The van der Waals surface area contributed by atoms with Gasteiger partial charge in [-0.3, -0.25) is 0 Å². The number of oxazole rings is 1. The second kappa shape index (κ2) is 9.22. The van der Waals surface area contributed by atoms with Gasteiger partial charge >= 0.3 is 0 Å². The van der Waals surface area contributed by atoms with E-state index in [2.05, 4.69) is 68.1 Å². The first-order chi connectivity index (χ1) is 11.3. The topological polar surface area (TPSA) is 76.4 Å². The van der Waals surface area contributed by atoms with Gasteiger partial charge in [0, 0.05) is 11.1 Å². The zero-order valence-corrected chi connectivity index (χ0v) is 18.0. The first kappa shape index (κ1) is 21.5. The number of rotatable bonds is 5. The van der Waals surface area contributed by atoms with E-state index in [1.54, 1.807) is 6.20 Å². The number of hydrogen-bond acceptors (Lipinski definition) is 3. The van der Waals surface area contributed by atoms with Crippen LogP contribution in [0, 0.1) is 0 Å². The molecule has 0 unspecified atom stereocenters. The van der Waals surface area contributed by atoms with Gasteiger partial charge in [-0.1, -0.05) is 52.8 Å². The van der Waals surface area contributed by atoms with Crippen molar-refractivity contribution in [2.45, 2.75) is 59.4 Å². The van der Waals surface area contributed by atoms with Crippen LogP contribution in [0.25, 0.3) is 0 Å². The lowest BCUT2D eigenvalue weighted by Gasteiger charge is -2.14. The number of anilines is 1. The number of aliphatic imine (C=N–C) groups is 1. The molecule has 0 aliphatic rings. The summed E-state index contributed by atoms with van der Waals surface area (Å²) in [7, 11) is 0. The van der Waals surface area contributed by atoms with Gasteiger partial charge in [-0.2, -0.15) is 0 Å². The number of aryl methyl sites for hydroxylation is 2. The Morgan fingerprint density at radius 2 is 1.80 bits per heavy atom. The maximum atomic E-state index is 6.06. The summed E-state index contributed by atoms with van der Waals surface area (Å²) in [6.45, 7) is 10.9. The van der Waals surface area contributed by atoms with Crippen molar-refractivity contribution in [3.8, 4) is 0 Å². The molecule has 0 bridgehead atoms. The van der Waals surface area contributed by atoms with E-state index in [0.717, 1.165) is 24.3 Å². The first-order valence-electron chi connectivity index (χ1n) is 8.48. The van der Waals surface area contributed by atoms with Crippen LogP contribution < -0.4 is 11.1 Å². The lowest BCUT2D eigenvalue weighted by molar-refractivity contribution is 0.383. The summed E-state index contributed by atoms with van der Waals surface area (Å²) in [5.41, 5.74) is 9.53. The minimum absolute atomic E-state index is 0. The zero-order valence-electron chi connectivity index (χ0n) is 15.7. The number of benzene rings is 1. The van der Waals surface area contributed by atoms with Crippen LogP contribution in [-0.2, 0) is 24.8 Å². The van der Waals surface area contributed by atoms with Gasteiger partial charge in [0.2, 0.25) is 5.89 Å². The van der Waals surface area contributed by atoms with Gasteiger partial charge in [0.1, 0.15) is 12.3 Å². The molecule has 1 aromatic carbocycles. The molecule has 2 aromatic rings. The third-order valence-electron chi connectivity index (χ3n) is 3.93. The molecule has 2 rings (SSSR count). The standard InChI is InChI=1S/C19H28N4O.HI/c1-6-13-9-8-10-14(7-2)17(13)23-18(20)22-12-16-21-11-15(24-16)19(3,4)5;/h8-11H,6-7,12H2,1-5H3,(H3,20,22,23);1H. The first-order valence-corrected chi connectivity index (χ1v) is 8.48. The van der Waals surface area contributed by atoms with Gasteiger partial charge in [0.05, 0.1) is 6.20 Å². The molecule has 0 amide bonds. The average molecular weight is 456 g/mol. The maximum Gasteiger partial charge on any atom is 0.216 e. The minimum atomic E-state index is -0.0607. The molecule has 138 valence electrons. The van der Waals surface area contributed by atoms with Crippen molar-refractivity contribution in [1.29, 1.82) is 0 Å². The summed E-state index contributed by atoms with van der Waals surface area (Å²) in [5, 5.41) is 3.25. The van der Waals surface area contributed by atoms with E-state index in [9.17, 15) is 0 Å². The lowest BCUT2D eigenvalue weighted by atomic mass is 9.94. The maximum absolute atomic E-state index is 6.06. The Labute approximate surface area is 167 Å². The Morgan fingerprint density at radius 3 is 2.28 bits per heavy atom. The van der Waals surface area contributed by atoms with E-state index in [-0.39, 0.29) is 29.4 Å². The highest BCUT2D eigenvalue weighted by Crippen LogP contribution is 2.23. The number of nitrogens with one attached hydrogen (secondary N) is 1. The number of guanidine groups is 1. The van der Waals surface area contributed by atoms with Gasteiger partial charge in [-0.15, -0.1) is 24.0 Å². The fourth-order valence-electron chi connectivity index (χ4n) is 2.45. The van der Waals surface area contributed by atoms with Crippen LogP contribution >= 0.6 is 24.0 Å². The second-order valence-electron chi connectivity index (χ2n) is 6.85. The summed E-state index contributed by atoms with van der Waals surface area (Å²) in [6, 6.07) is 6.30. The highest BCUT2D eigenvalue weighted by Gasteiger charge is 2.19. The number of para-hydroxylation sites is 1. The molecule has 1 heterocycles. The third kappa shape index (κ3) is 5.73. The molecule has 0 spiro atoms. The van der Waals surface area contributed by atoms with Gasteiger partial charge in [-0.05, 0) is 24.0 Å². The van der Waals surface area contributed by atoms with Crippen LogP contribution in [0.15, 0.2) is 33.8 Å². The van der Waals surface area contributed by atoms with Crippen LogP contribution in [0.1, 0.15) is 57.4 Å². The second-order valence-corrected chi connectivity index (χ2v) is 6.85. The summed E-state index contributed by atoms with van der Waals surface area (Å²) in [5.74, 6) is 1.80. The highest BCUT2D eigenvalue weighted by molar-refractivity contribution is 14.0. The monoisotopic (exact) mass is 456 g/mol. The summed E-state index contributed by atoms with van der Waals surface area (Å²) >= 11 is 0. The van der Waals surface area contributed by atoms with Crippen molar-refractivity contribution in [3.63, 3.8) is 0 Å². The van der Waals surface area contributed by atoms with Gasteiger partial charge < -0.3 is 15.5 Å².